The van der Waals surface area contributed by atoms with Gasteiger partial charge in [-0.2, -0.15) is 0 Å². The molecule has 0 radical (unpaired) electrons. The number of benzene rings is 1. The minimum Gasteiger partial charge on any atom is -0.396 e. The highest BCUT2D eigenvalue weighted by Crippen LogP contribution is 2.18. The van der Waals surface area contributed by atoms with Crippen LogP contribution in [0.15, 0.2) is 29.4 Å². The highest BCUT2D eigenvalue weighted by molar-refractivity contribution is 7.99. The minimum absolute atomic E-state index is 0.182. The molecule has 1 heterocycles. The maximum atomic E-state index is 8.64. The number of fused-ring (bicyclic) bond motifs is 1. The first kappa shape index (κ1) is 8.59. The largest absolute Gasteiger partial charge is 0.396 e. The third kappa shape index (κ3) is 1.84. The fraction of sp³-hybridized carbons (Fsp3) is 0.222. The first-order valence-corrected chi connectivity index (χ1v) is 5.07. The van der Waals surface area contributed by atoms with Gasteiger partial charge in [0.15, 0.2) is 5.16 Å². The summed E-state index contributed by atoms with van der Waals surface area (Å²) < 4.78 is 0. The number of imidazole rings is 1. The van der Waals surface area contributed by atoms with E-state index in [1.165, 1.54) is 11.8 Å². The third-order valence-electron chi connectivity index (χ3n) is 1.70. The average molecular weight is 194 g/mol. The zero-order valence-electron chi connectivity index (χ0n) is 7.03. The van der Waals surface area contributed by atoms with Crippen molar-refractivity contribution in [1.29, 1.82) is 0 Å². The highest BCUT2D eigenvalue weighted by atomic mass is 32.2. The Bertz CT molecular complexity index is 366. The average Bonchev–Trinajstić information content (AvgIpc) is 2.57. The van der Waals surface area contributed by atoms with Gasteiger partial charge in [0, 0.05) is 5.75 Å². The number of hydrogen-bond acceptors (Lipinski definition) is 3. The molecule has 0 spiro atoms. The molecule has 0 bridgehead atoms. The lowest BCUT2D eigenvalue weighted by molar-refractivity contribution is 0.322. The quantitative estimate of drug-likeness (QED) is 0.730. The molecule has 0 atom stereocenters. The molecule has 0 fully saturated rings. The van der Waals surface area contributed by atoms with Crippen LogP contribution >= 0.6 is 11.8 Å². The van der Waals surface area contributed by atoms with Crippen LogP contribution in [0.4, 0.5) is 0 Å². The Morgan fingerprint density at radius 2 is 2.23 bits per heavy atom. The number of aromatic amines is 1. The van der Waals surface area contributed by atoms with Crippen molar-refractivity contribution in [3.05, 3.63) is 24.3 Å². The third-order valence-corrected chi connectivity index (χ3v) is 2.55. The number of para-hydroxylation sites is 2. The molecule has 1 aromatic carbocycles. The zero-order valence-corrected chi connectivity index (χ0v) is 7.84. The van der Waals surface area contributed by atoms with Crippen molar-refractivity contribution in [3.63, 3.8) is 0 Å². The molecule has 2 aromatic rings. The molecule has 13 heavy (non-hydrogen) atoms. The van der Waals surface area contributed by atoms with Gasteiger partial charge in [-0.1, -0.05) is 23.9 Å². The first-order chi connectivity index (χ1) is 6.40. The first-order valence-electron chi connectivity index (χ1n) is 4.08. The number of aliphatic hydroxyl groups excluding tert-OH is 1. The predicted molar refractivity (Wildman–Crippen MR) is 53.9 cm³/mol. The number of thioether (sulfide) groups is 1. The van der Waals surface area contributed by atoms with E-state index in [0.29, 0.717) is 5.75 Å². The summed E-state index contributed by atoms with van der Waals surface area (Å²) in [6.45, 7) is 0.182. The van der Waals surface area contributed by atoms with Gasteiger partial charge in [0.05, 0.1) is 17.6 Å². The van der Waals surface area contributed by atoms with Crippen molar-refractivity contribution in [2.75, 3.05) is 12.4 Å². The second kappa shape index (κ2) is 3.81. The van der Waals surface area contributed by atoms with Crippen molar-refractivity contribution in [2.45, 2.75) is 5.16 Å². The van der Waals surface area contributed by atoms with Gasteiger partial charge in [0.25, 0.3) is 0 Å². The Morgan fingerprint density at radius 1 is 1.38 bits per heavy atom. The Labute approximate surface area is 80.2 Å². The number of aromatic nitrogens is 2. The van der Waals surface area contributed by atoms with E-state index >= 15 is 0 Å². The molecule has 4 heteroatoms. The second-order valence-corrected chi connectivity index (χ2v) is 3.71. The molecule has 0 saturated heterocycles. The smallest absolute Gasteiger partial charge is 0.166 e. The number of hydrogen-bond donors (Lipinski definition) is 2. The highest BCUT2D eigenvalue weighted by Gasteiger charge is 2.00. The molecule has 0 amide bonds. The molecule has 0 unspecified atom stereocenters. The van der Waals surface area contributed by atoms with Crippen LogP contribution in [-0.4, -0.2) is 27.4 Å². The van der Waals surface area contributed by atoms with E-state index in [1.54, 1.807) is 0 Å². The van der Waals surface area contributed by atoms with E-state index in [9.17, 15) is 0 Å². The topological polar surface area (TPSA) is 48.9 Å². The molecule has 2 rings (SSSR count). The molecular weight excluding hydrogens is 184 g/mol. The normalized spacial score (nSPS) is 10.8. The summed E-state index contributed by atoms with van der Waals surface area (Å²) in [5.74, 6) is 0.680. The molecule has 68 valence electrons. The summed E-state index contributed by atoms with van der Waals surface area (Å²) in [6, 6.07) is 7.89. The second-order valence-electron chi connectivity index (χ2n) is 2.63. The van der Waals surface area contributed by atoms with Crippen molar-refractivity contribution < 1.29 is 5.11 Å². The molecule has 0 aliphatic carbocycles. The fourth-order valence-corrected chi connectivity index (χ4v) is 1.77. The van der Waals surface area contributed by atoms with Gasteiger partial charge < -0.3 is 10.1 Å². The van der Waals surface area contributed by atoms with E-state index in [4.69, 9.17) is 5.11 Å². The number of H-pyrrole nitrogens is 1. The number of nitrogens with one attached hydrogen (secondary N) is 1. The predicted octanol–water partition coefficient (Wildman–Crippen LogP) is 1.65. The van der Waals surface area contributed by atoms with Gasteiger partial charge >= 0.3 is 0 Å². The molecule has 0 aliphatic heterocycles. The number of nitrogens with zero attached hydrogens (tertiary/aromatic N) is 1. The Morgan fingerprint density at radius 3 is 3.00 bits per heavy atom. The van der Waals surface area contributed by atoms with Crippen molar-refractivity contribution >= 4 is 22.8 Å². The van der Waals surface area contributed by atoms with Crippen LogP contribution in [0.5, 0.6) is 0 Å². The van der Waals surface area contributed by atoms with Gasteiger partial charge in [-0.3, -0.25) is 0 Å². The maximum absolute atomic E-state index is 8.64. The van der Waals surface area contributed by atoms with Crippen LogP contribution in [0.3, 0.4) is 0 Å². The van der Waals surface area contributed by atoms with Gasteiger partial charge in [-0.15, -0.1) is 0 Å². The van der Waals surface area contributed by atoms with Crippen molar-refractivity contribution in [1.82, 2.24) is 9.97 Å². The van der Waals surface area contributed by atoms with Crippen LogP contribution in [0, 0.1) is 0 Å². The lowest BCUT2D eigenvalue weighted by Crippen LogP contribution is -1.85. The molecule has 3 nitrogen and oxygen atoms in total. The molecule has 0 aliphatic rings. The van der Waals surface area contributed by atoms with Crippen molar-refractivity contribution in [2.24, 2.45) is 0 Å². The Balaban J connectivity index is 2.28. The summed E-state index contributed by atoms with van der Waals surface area (Å²) in [5, 5.41) is 9.51. The van der Waals surface area contributed by atoms with Gasteiger partial charge in [0.2, 0.25) is 0 Å². The Hall–Kier alpha value is -1.00. The molecule has 0 saturated carbocycles. The summed E-state index contributed by atoms with van der Waals surface area (Å²) in [5.41, 5.74) is 2.02. The maximum Gasteiger partial charge on any atom is 0.166 e. The van der Waals surface area contributed by atoms with E-state index in [0.717, 1.165) is 16.2 Å². The van der Waals surface area contributed by atoms with E-state index < -0.39 is 0 Å². The number of aliphatic hydroxyl groups is 1. The van der Waals surface area contributed by atoms with Gasteiger partial charge in [-0.05, 0) is 12.1 Å². The SMILES string of the molecule is OCCSc1nc2ccccc2[nH]1. The minimum atomic E-state index is 0.182. The van der Waals surface area contributed by atoms with Gasteiger partial charge in [-0.25, -0.2) is 4.98 Å². The van der Waals surface area contributed by atoms with E-state index in [2.05, 4.69) is 9.97 Å². The standard InChI is InChI=1S/C9H10N2OS/c12-5-6-13-9-10-7-3-1-2-4-8(7)11-9/h1-4,12H,5-6H2,(H,10,11). The fourth-order valence-electron chi connectivity index (χ4n) is 1.14. The monoisotopic (exact) mass is 194 g/mol. The molecular formula is C9H10N2OS. The lowest BCUT2D eigenvalue weighted by Gasteiger charge is -1.90. The van der Waals surface area contributed by atoms with Crippen molar-refractivity contribution in [3.8, 4) is 0 Å². The van der Waals surface area contributed by atoms with E-state index in [1.807, 2.05) is 24.3 Å². The molecule has 1 aromatic heterocycles. The van der Waals surface area contributed by atoms with Crippen LogP contribution in [-0.2, 0) is 0 Å². The Kier molecular flexibility index (Phi) is 2.52. The van der Waals surface area contributed by atoms with Gasteiger partial charge in [0.1, 0.15) is 0 Å². The number of rotatable bonds is 3. The summed E-state index contributed by atoms with van der Waals surface area (Å²) >= 11 is 1.53. The molecule has 2 N–H and O–H groups in total. The lowest BCUT2D eigenvalue weighted by atomic mass is 10.3. The summed E-state index contributed by atoms with van der Waals surface area (Å²) in [7, 11) is 0. The van der Waals surface area contributed by atoms with Crippen LogP contribution in [0.25, 0.3) is 11.0 Å². The van der Waals surface area contributed by atoms with E-state index in [-0.39, 0.29) is 6.61 Å². The van der Waals surface area contributed by atoms with Crippen LogP contribution < -0.4 is 0 Å². The summed E-state index contributed by atoms with van der Waals surface area (Å²) in [6.07, 6.45) is 0. The van der Waals surface area contributed by atoms with Crippen LogP contribution in [0.1, 0.15) is 0 Å². The van der Waals surface area contributed by atoms with Crippen LogP contribution in [0.2, 0.25) is 0 Å². The zero-order chi connectivity index (χ0) is 9.10. The summed E-state index contributed by atoms with van der Waals surface area (Å²) in [4.78, 5) is 7.52.